The van der Waals surface area contributed by atoms with E-state index in [1.54, 1.807) is 16.7 Å². The van der Waals surface area contributed by atoms with Crippen LogP contribution in [0.5, 0.6) is 5.75 Å². The van der Waals surface area contributed by atoms with Crippen molar-refractivity contribution in [1.82, 2.24) is 4.90 Å². The van der Waals surface area contributed by atoms with Crippen molar-refractivity contribution in [3.8, 4) is 5.75 Å². The van der Waals surface area contributed by atoms with E-state index in [0.29, 0.717) is 19.5 Å². The first-order chi connectivity index (χ1) is 10.6. The summed E-state index contributed by atoms with van der Waals surface area (Å²) in [5, 5.41) is 9.90. The van der Waals surface area contributed by atoms with Gasteiger partial charge < -0.3 is 14.7 Å². The van der Waals surface area contributed by atoms with Gasteiger partial charge in [0.05, 0.1) is 0 Å². The van der Waals surface area contributed by atoms with Gasteiger partial charge in [0.2, 0.25) is 0 Å². The third kappa shape index (κ3) is 4.92. The lowest BCUT2D eigenvalue weighted by atomic mass is 10.1. The zero-order valence-corrected chi connectivity index (χ0v) is 14.1. The van der Waals surface area contributed by atoms with Crippen LogP contribution in [-0.4, -0.2) is 53.2 Å². The maximum absolute atomic E-state index is 12.1. The molecule has 122 valence electrons. The van der Waals surface area contributed by atoms with Gasteiger partial charge in [-0.15, -0.1) is 0 Å². The van der Waals surface area contributed by atoms with Crippen molar-refractivity contribution in [3.05, 3.63) is 29.8 Å². The number of hydrogen-bond donors (Lipinski definition) is 1. The topological polar surface area (TPSA) is 49.8 Å². The summed E-state index contributed by atoms with van der Waals surface area (Å²) in [6.07, 6.45) is 3.42. The number of amides is 1. The Kier molecular flexibility index (Phi) is 6.58. The van der Waals surface area contributed by atoms with Gasteiger partial charge in [0, 0.05) is 25.9 Å². The Balaban J connectivity index is 1.79. The Morgan fingerprint density at radius 1 is 1.45 bits per heavy atom. The average molecular weight is 323 g/mol. The standard InChI is InChI=1S/C17H25NO3S/c1-13-4-3-5-15(12-13)21-14-6-9-18(10-7-14)17(20)16(19)8-11-22-2/h3-5,12,14,16,19H,6-11H2,1-2H3/t16-/m1/s1. The summed E-state index contributed by atoms with van der Waals surface area (Å²) in [5.41, 5.74) is 1.18. The molecule has 2 rings (SSSR count). The molecule has 1 saturated heterocycles. The number of carbonyl (C=O) groups excluding carboxylic acids is 1. The molecule has 0 bridgehead atoms. The van der Waals surface area contributed by atoms with Crippen LogP contribution in [0.2, 0.25) is 0 Å². The molecule has 1 N–H and O–H groups in total. The van der Waals surface area contributed by atoms with Crippen LogP contribution < -0.4 is 4.74 Å². The average Bonchev–Trinajstić information content (AvgIpc) is 2.52. The molecule has 0 aromatic heterocycles. The molecule has 0 aliphatic carbocycles. The molecule has 1 aliphatic heterocycles. The zero-order chi connectivity index (χ0) is 15.9. The Hall–Kier alpha value is -1.20. The lowest BCUT2D eigenvalue weighted by Crippen LogP contribution is -2.46. The predicted octanol–water partition coefficient (Wildman–Crippen LogP) is 2.48. The van der Waals surface area contributed by atoms with Crippen molar-refractivity contribution in [2.45, 2.75) is 38.4 Å². The van der Waals surface area contributed by atoms with E-state index in [1.807, 2.05) is 37.4 Å². The predicted molar refractivity (Wildman–Crippen MR) is 90.4 cm³/mol. The highest BCUT2D eigenvalue weighted by molar-refractivity contribution is 7.98. The summed E-state index contributed by atoms with van der Waals surface area (Å²) in [5.74, 6) is 1.56. The summed E-state index contributed by atoms with van der Waals surface area (Å²) in [4.78, 5) is 13.9. The number of nitrogens with zero attached hydrogens (tertiary/aromatic N) is 1. The largest absolute Gasteiger partial charge is 0.490 e. The second-order valence-corrected chi connectivity index (χ2v) is 6.74. The Morgan fingerprint density at radius 3 is 2.82 bits per heavy atom. The fourth-order valence-corrected chi connectivity index (χ4v) is 3.10. The molecule has 0 spiro atoms. The quantitative estimate of drug-likeness (QED) is 0.874. The first-order valence-corrected chi connectivity index (χ1v) is 9.18. The second-order valence-electron chi connectivity index (χ2n) is 5.76. The first kappa shape index (κ1) is 17.2. The molecule has 0 radical (unpaired) electrons. The van der Waals surface area contributed by atoms with Gasteiger partial charge in [-0.2, -0.15) is 11.8 Å². The number of ether oxygens (including phenoxy) is 1. The number of rotatable bonds is 6. The third-order valence-electron chi connectivity index (χ3n) is 3.93. The molecule has 4 nitrogen and oxygen atoms in total. The maximum Gasteiger partial charge on any atom is 0.251 e. The molecule has 1 aromatic rings. The van der Waals surface area contributed by atoms with E-state index in [0.717, 1.165) is 24.3 Å². The lowest BCUT2D eigenvalue weighted by molar-refractivity contribution is -0.142. The second kappa shape index (κ2) is 8.44. The van der Waals surface area contributed by atoms with Crippen LogP contribution in [0.3, 0.4) is 0 Å². The van der Waals surface area contributed by atoms with Gasteiger partial charge >= 0.3 is 0 Å². The Bertz CT molecular complexity index is 487. The van der Waals surface area contributed by atoms with Crippen molar-refractivity contribution in [2.24, 2.45) is 0 Å². The van der Waals surface area contributed by atoms with Crippen molar-refractivity contribution in [2.75, 3.05) is 25.1 Å². The van der Waals surface area contributed by atoms with Crippen LogP contribution in [0.4, 0.5) is 0 Å². The molecular formula is C17H25NO3S. The van der Waals surface area contributed by atoms with E-state index in [9.17, 15) is 9.90 Å². The minimum absolute atomic E-state index is 0.136. The third-order valence-corrected chi connectivity index (χ3v) is 4.57. The van der Waals surface area contributed by atoms with E-state index >= 15 is 0 Å². The minimum atomic E-state index is -0.860. The molecule has 1 atom stereocenters. The van der Waals surface area contributed by atoms with Crippen molar-refractivity contribution >= 4 is 17.7 Å². The van der Waals surface area contributed by atoms with Gasteiger partial charge in [-0.25, -0.2) is 0 Å². The molecule has 5 heteroatoms. The summed E-state index contributed by atoms with van der Waals surface area (Å²) >= 11 is 1.65. The van der Waals surface area contributed by atoms with Gasteiger partial charge in [-0.3, -0.25) is 4.79 Å². The van der Waals surface area contributed by atoms with E-state index in [2.05, 4.69) is 0 Å². The SMILES string of the molecule is CSCC[C@@H](O)C(=O)N1CCC(Oc2cccc(C)c2)CC1. The van der Waals surface area contributed by atoms with Gasteiger partial charge in [0.25, 0.3) is 5.91 Å². The number of aliphatic hydroxyl groups is 1. The van der Waals surface area contributed by atoms with Crippen molar-refractivity contribution < 1.29 is 14.6 Å². The van der Waals surface area contributed by atoms with Crippen molar-refractivity contribution in [3.63, 3.8) is 0 Å². The van der Waals surface area contributed by atoms with E-state index in [-0.39, 0.29) is 12.0 Å². The summed E-state index contributed by atoms with van der Waals surface area (Å²) in [6.45, 7) is 3.36. The first-order valence-electron chi connectivity index (χ1n) is 7.79. The number of aliphatic hydroxyl groups excluding tert-OH is 1. The number of piperidine rings is 1. The molecule has 1 aliphatic rings. The molecule has 1 amide bonds. The van der Waals surface area contributed by atoms with E-state index in [1.165, 1.54) is 5.56 Å². The summed E-state index contributed by atoms with van der Waals surface area (Å²) < 4.78 is 5.99. The number of benzene rings is 1. The minimum Gasteiger partial charge on any atom is -0.490 e. The fraction of sp³-hybridized carbons (Fsp3) is 0.588. The molecule has 0 saturated carbocycles. The lowest BCUT2D eigenvalue weighted by Gasteiger charge is -2.33. The van der Waals surface area contributed by atoms with Crippen LogP contribution >= 0.6 is 11.8 Å². The molecule has 22 heavy (non-hydrogen) atoms. The highest BCUT2D eigenvalue weighted by Crippen LogP contribution is 2.20. The fourth-order valence-electron chi connectivity index (χ4n) is 2.64. The van der Waals surface area contributed by atoms with Gasteiger partial charge in [-0.1, -0.05) is 12.1 Å². The molecule has 1 aromatic carbocycles. The van der Waals surface area contributed by atoms with Crippen molar-refractivity contribution in [1.29, 1.82) is 0 Å². The van der Waals surface area contributed by atoms with Crippen LogP contribution in [0.15, 0.2) is 24.3 Å². The highest BCUT2D eigenvalue weighted by atomic mass is 32.2. The van der Waals surface area contributed by atoms with Crippen LogP contribution in [0, 0.1) is 6.92 Å². The van der Waals surface area contributed by atoms with E-state index < -0.39 is 6.10 Å². The Labute approximate surface area is 136 Å². The number of aryl methyl sites for hydroxylation is 1. The smallest absolute Gasteiger partial charge is 0.251 e. The molecule has 1 heterocycles. The number of thioether (sulfide) groups is 1. The molecule has 0 unspecified atom stereocenters. The highest BCUT2D eigenvalue weighted by Gasteiger charge is 2.27. The number of hydrogen-bond acceptors (Lipinski definition) is 4. The van der Waals surface area contributed by atoms with Gasteiger partial charge in [-0.05, 0) is 43.0 Å². The van der Waals surface area contributed by atoms with Gasteiger partial charge in [0.15, 0.2) is 0 Å². The molecule has 1 fully saturated rings. The molecular weight excluding hydrogens is 298 g/mol. The number of likely N-dealkylation sites (tertiary alicyclic amines) is 1. The van der Waals surface area contributed by atoms with Crippen LogP contribution in [0.25, 0.3) is 0 Å². The maximum atomic E-state index is 12.1. The number of carbonyl (C=O) groups is 1. The van der Waals surface area contributed by atoms with E-state index in [4.69, 9.17) is 4.74 Å². The van der Waals surface area contributed by atoms with Crippen LogP contribution in [-0.2, 0) is 4.79 Å². The summed E-state index contributed by atoms with van der Waals surface area (Å²) in [7, 11) is 0. The Morgan fingerprint density at radius 2 is 2.18 bits per heavy atom. The normalized spacial score (nSPS) is 17.3. The summed E-state index contributed by atoms with van der Waals surface area (Å²) in [6, 6.07) is 8.04. The zero-order valence-electron chi connectivity index (χ0n) is 13.3. The van der Waals surface area contributed by atoms with Crippen LogP contribution in [0.1, 0.15) is 24.8 Å². The van der Waals surface area contributed by atoms with Gasteiger partial charge in [0.1, 0.15) is 18.0 Å². The monoisotopic (exact) mass is 323 g/mol.